The van der Waals surface area contributed by atoms with Crippen LogP contribution in [0.5, 0.6) is 0 Å². The fourth-order valence-corrected chi connectivity index (χ4v) is 3.01. The van der Waals surface area contributed by atoms with E-state index in [1.54, 1.807) is 0 Å². The number of nitrogens with zero attached hydrogens (tertiary/aromatic N) is 1. The first-order valence-electron chi connectivity index (χ1n) is 7.94. The highest BCUT2D eigenvalue weighted by atomic mass is 15.1. The molecule has 108 valence electrons. The predicted octanol–water partition coefficient (Wildman–Crippen LogP) is 5.13. The highest BCUT2D eigenvalue weighted by Gasteiger charge is 2.10. The summed E-state index contributed by atoms with van der Waals surface area (Å²) in [6.07, 6.45) is 5.38. The lowest BCUT2D eigenvalue weighted by Crippen LogP contribution is -2.23. The number of hydrogen-bond donors (Lipinski definition) is 0. The fourth-order valence-electron chi connectivity index (χ4n) is 3.01. The van der Waals surface area contributed by atoms with Gasteiger partial charge in [-0.15, -0.1) is 0 Å². The summed E-state index contributed by atoms with van der Waals surface area (Å²) in [5.74, 6) is 0. The molecule has 1 nitrogen and oxygen atoms in total. The van der Waals surface area contributed by atoms with Crippen LogP contribution in [0.1, 0.15) is 36.8 Å². The highest BCUT2D eigenvalue weighted by molar-refractivity contribution is 5.78. The van der Waals surface area contributed by atoms with Gasteiger partial charge in [-0.25, -0.2) is 0 Å². The number of anilines is 1. The monoisotopic (exact) mass is 277 g/mol. The normalized spacial score (nSPS) is 15.5. The first-order valence-corrected chi connectivity index (χ1v) is 7.94. The van der Waals surface area contributed by atoms with Crippen LogP contribution in [-0.4, -0.2) is 13.1 Å². The Bertz CT molecular complexity index is 575. The van der Waals surface area contributed by atoms with Gasteiger partial charge in [-0.3, -0.25) is 0 Å². The van der Waals surface area contributed by atoms with Crippen molar-refractivity contribution in [3.05, 3.63) is 72.3 Å². The van der Waals surface area contributed by atoms with Crippen LogP contribution in [0.15, 0.2) is 61.2 Å². The Morgan fingerprint density at radius 2 is 1.29 bits per heavy atom. The molecule has 0 aliphatic carbocycles. The van der Waals surface area contributed by atoms with Gasteiger partial charge in [0.2, 0.25) is 0 Å². The third kappa shape index (κ3) is 3.36. The maximum absolute atomic E-state index is 4.24. The van der Waals surface area contributed by atoms with Crippen LogP contribution in [0.3, 0.4) is 0 Å². The molecule has 3 rings (SSSR count). The first-order chi connectivity index (χ1) is 10.3. The summed E-state index contributed by atoms with van der Waals surface area (Å²) in [5, 5.41) is 0. The molecule has 0 aromatic heterocycles. The molecule has 0 spiro atoms. The topological polar surface area (TPSA) is 3.24 Å². The Balaban J connectivity index is 1.76. The van der Waals surface area contributed by atoms with Gasteiger partial charge >= 0.3 is 0 Å². The zero-order valence-corrected chi connectivity index (χ0v) is 12.6. The molecule has 1 heterocycles. The van der Waals surface area contributed by atoms with Crippen molar-refractivity contribution in [1.29, 1.82) is 0 Å². The molecule has 0 bridgehead atoms. The van der Waals surface area contributed by atoms with Gasteiger partial charge in [-0.2, -0.15) is 0 Å². The van der Waals surface area contributed by atoms with Crippen molar-refractivity contribution in [2.45, 2.75) is 25.7 Å². The summed E-state index contributed by atoms with van der Waals surface area (Å²) in [7, 11) is 0. The lowest BCUT2D eigenvalue weighted by atomic mass is 9.99. The molecule has 0 atom stereocenters. The zero-order chi connectivity index (χ0) is 14.5. The van der Waals surface area contributed by atoms with E-state index >= 15 is 0 Å². The minimum absolute atomic E-state index is 1.10. The lowest BCUT2D eigenvalue weighted by Gasteiger charge is -2.23. The van der Waals surface area contributed by atoms with Gasteiger partial charge < -0.3 is 4.90 Å². The summed E-state index contributed by atoms with van der Waals surface area (Å²) in [5.41, 5.74) is 4.85. The van der Waals surface area contributed by atoms with E-state index in [4.69, 9.17) is 0 Å². The van der Waals surface area contributed by atoms with E-state index in [-0.39, 0.29) is 0 Å². The third-order valence-corrected chi connectivity index (χ3v) is 4.31. The standard InChI is InChI=1S/C20H23N/c1-17(18-9-5-4-6-10-18)19-11-13-20(14-12-19)21-15-7-2-3-8-16-21/h4-6,9-14H,1-3,7-8,15-16H2. The fraction of sp³-hybridized carbons (Fsp3) is 0.300. The summed E-state index contributed by atoms with van der Waals surface area (Å²) in [6.45, 7) is 6.63. The third-order valence-electron chi connectivity index (χ3n) is 4.31. The molecule has 1 heteroatoms. The Hall–Kier alpha value is -2.02. The Kier molecular flexibility index (Phi) is 4.40. The van der Waals surface area contributed by atoms with Gasteiger partial charge in [0.15, 0.2) is 0 Å². The van der Waals surface area contributed by atoms with Crippen molar-refractivity contribution < 1.29 is 0 Å². The largest absolute Gasteiger partial charge is 0.372 e. The Morgan fingerprint density at radius 3 is 1.90 bits per heavy atom. The van der Waals surface area contributed by atoms with Crippen LogP contribution < -0.4 is 4.90 Å². The summed E-state index contributed by atoms with van der Waals surface area (Å²) < 4.78 is 0. The van der Waals surface area contributed by atoms with Crippen molar-refractivity contribution in [1.82, 2.24) is 0 Å². The van der Waals surface area contributed by atoms with Gasteiger partial charge in [0.1, 0.15) is 0 Å². The minimum atomic E-state index is 1.10. The van der Waals surface area contributed by atoms with Crippen molar-refractivity contribution in [2.75, 3.05) is 18.0 Å². The number of rotatable bonds is 3. The molecule has 1 aliphatic heterocycles. The first kappa shape index (κ1) is 13.9. The molecule has 2 aromatic carbocycles. The molecule has 0 amide bonds. The molecular weight excluding hydrogens is 254 g/mol. The van der Waals surface area contributed by atoms with Crippen LogP contribution >= 0.6 is 0 Å². The number of hydrogen-bond acceptors (Lipinski definition) is 1. The van der Waals surface area contributed by atoms with E-state index in [2.05, 4.69) is 60.0 Å². The smallest absolute Gasteiger partial charge is 0.0366 e. The van der Waals surface area contributed by atoms with E-state index in [1.165, 1.54) is 55.6 Å². The molecule has 0 radical (unpaired) electrons. The molecule has 2 aromatic rings. The summed E-state index contributed by atoms with van der Waals surface area (Å²) >= 11 is 0. The van der Waals surface area contributed by atoms with Crippen molar-refractivity contribution in [3.8, 4) is 0 Å². The maximum atomic E-state index is 4.24. The molecule has 0 N–H and O–H groups in total. The molecule has 0 unspecified atom stereocenters. The van der Waals surface area contributed by atoms with Crippen LogP contribution in [0.4, 0.5) is 5.69 Å². The average Bonchev–Trinajstić information content (AvgIpc) is 2.84. The van der Waals surface area contributed by atoms with Crippen LogP contribution in [0.25, 0.3) is 5.57 Å². The average molecular weight is 277 g/mol. The van der Waals surface area contributed by atoms with E-state index < -0.39 is 0 Å². The van der Waals surface area contributed by atoms with E-state index in [0.717, 1.165) is 5.57 Å². The quantitative estimate of drug-likeness (QED) is 0.752. The van der Waals surface area contributed by atoms with Gasteiger partial charge in [0, 0.05) is 18.8 Å². The van der Waals surface area contributed by atoms with Gasteiger partial charge in [-0.05, 0) is 41.7 Å². The van der Waals surface area contributed by atoms with Crippen molar-refractivity contribution >= 4 is 11.3 Å². The lowest BCUT2D eigenvalue weighted by molar-refractivity contribution is 0.726. The van der Waals surface area contributed by atoms with Gasteiger partial charge in [0.25, 0.3) is 0 Å². The second-order valence-electron chi connectivity index (χ2n) is 5.79. The van der Waals surface area contributed by atoms with Crippen molar-refractivity contribution in [3.63, 3.8) is 0 Å². The van der Waals surface area contributed by atoms with Crippen molar-refractivity contribution in [2.24, 2.45) is 0 Å². The molecule has 1 saturated heterocycles. The second-order valence-corrected chi connectivity index (χ2v) is 5.79. The minimum Gasteiger partial charge on any atom is -0.372 e. The molecule has 21 heavy (non-hydrogen) atoms. The van der Waals surface area contributed by atoms with E-state index in [1.807, 2.05) is 6.07 Å². The Morgan fingerprint density at radius 1 is 0.714 bits per heavy atom. The molecule has 0 saturated carbocycles. The van der Waals surface area contributed by atoms with Gasteiger partial charge in [-0.1, -0.05) is 61.9 Å². The summed E-state index contributed by atoms with van der Waals surface area (Å²) in [6, 6.07) is 19.3. The summed E-state index contributed by atoms with van der Waals surface area (Å²) in [4.78, 5) is 2.52. The van der Waals surface area contributed by atoms with E-state index in [0.29, 0.717) is 0 Å². The number of benzene rings is 2. The molecular formula is C20H23N. The van der Waals surface area contributed by atoms with Crippen LogP contribution in [0, 0.1) is 0 Å². The molecule has 1 aliphatic rings. The second kappa shape index (κ2) is 6.62. The van der Waals surface area contributed by atoms with E-state index in [9.17, 15) is 0 Å². The maximum Gasteiger partial charge on any atom is 0.0366 e. The zero-order valence-electron chi connectivity index (χ0n) is 12.6. The highest BCUT2D eigenvalue weighted by Crippen LogP contribution is 2.25. The molecule has 1 fully saturated rings. The van der Waals surface area contributed by atoms with Crippen LogP contribution in [0.2, 0.25) is 0 Å². The SMILES string of the molecule is C=C(c1ccccc1)c1ccc(N2CCCCCC2)cc1. The predicted molar refractivity (Wildman–Crippen MR) is 91.7 cm³/mol. The van der Waals surface area contributed by atoms with Gasteiger partial charge in [0.05, 0.1) is 0 Å². The Labute approximate surface area is 127 Å². The van der Waals surface area contributed by atoms with Crippen LogP contribution in [-0.2, 0) is 0 Å².